The molecule has 104 valence electrons. The van der Waals surface area contributed by atoms with E-state index < -0.39 is 10.2 Å². The zero-order valence-corrected chi connectivity index (χ0v) is 11.0. The molecule has 0 amide bonds. The minimum absolute atomic E-state index is 0. The normalized spacial score (nSPS) is 21.5. The molecule has 4 N–H and O–H groups in total. The summed E-state index contributed by atoms with van der Waals surface area (Å²) in [5.74, 6) is 0. The first-order valence-corrected chi connectivity index (χ1v) is 4.36. The van der Waals surface area contributed by atoms with Gasteiger partial charge in [0.15, 0.2) is 0 Å². The summed E-state index contributed by atoms with van der Waals surface area (Å²) in [7, 11) is 0. The van der Waals surface area contributed by atoms with Crippen LogP contribution in [-0.2, 0) is 21.1 Å². The Morgan fingerprint density at radius 3 is 1.24 bits per heavy atom. The molecular weight excluding hydrogens is 419 g/mol. The van der Waals surface area contributed by atoms with Crippen LogP contribution in [0.3, 0.4) is 0 Å². The van der Waals surface area contributed by atoms with Crippen molar-refractivity contribution in [3.8, 4) is 0 Å². The minimum Gasteiger partial charge on any atom is -0.676 e. The van der Waals surface area contributed by atoms with Crippen molar-refractivity contribution in [3.63, 3.8) is 0 Å². The van der Waals surface area contributed by atoms with Crippen molar-refractivity contribution in [1.82, 2.24) is 0 Å². The Bertz CT molecular complexity index is 189. The molecule has 0 bridgehead atoms. The van der Waals surface area contributed by atoms with Gasteiger partial charge in [-0.3, -0.25) is 0 Å². The van der Waals surface area contributed by atoms with Crippen molar-refractivity contribution in [1.29, 1.82) is 0 Å². The molecule has 2 atom stereocenters. The number of nitrogens with one attached hydrogen (secondary N) is 2. The second kappa shape index (κ2) is 13.1. The van der Waals surface area contributed by atoms with Crippen LogP contribution < -0.4 is 0 Å². The van der Waals surface area contributed by atoms with E-state index in [0.717, 1.165) is 12.8 Å². The molecule has 0 heterocycles. The molecule has 0 spiro atoms. The van der Waals surface area contributed by atoms with E-state index >= 15 is 0 Å². The van der Waals surface area contributed by atoms with Crippen LogP contribution in [0.15, 0.2) is 0 Å². The molecule has 11 heteroatoms. The Morgan fingerprint density at radius 2 is 1.12 bits per heavy atom. The van der Waals surface area contributed by atoms with Crippen molar-refractivity contribution < 1.29 is 41.7 Å². The van der Waals surface area contributed by atoms with E-state index in [-0.39, 0.29) is 33.1 Å². The first kappa shape index (κ1) is 21.3. The molecule has 0 saturated heterocycles. The summed E-state index contributed by atoms with van der Waals surface area (Å²) < 4.78 is 0. The largest absolute Gasteiger partial charge is 2.00 e. The van der Waals surface area contributed by atoms with E-state index in [2.05, 4.69) is 0 Å². The first-order chi connectivity index (χ1) is 7.27. The summed E-state index contributed by atoms with van der Waals surface area (Å²) in [6, 6.07) is -0.160. The number of nitrogens with zero attached hydrogens (tertiary/aromatic N) is 2. The standard InChI is InChI=1S/C6H12N2.2HNO3.Pt/c7-5-3-1-2-4-6(5)8;2*2-1(3)4;/h5-8H,1-4H2;2*(H,2,3,4);/q-2;;;+2/t5-,6-;;;/m0.../s1. The molecule has 0 unspecified atom stereocenters. The van der Waals surface area contributed by atoms with Crippen LogP contribution in [0.1, 0.15) is 25.7 Å². The molecule has 0 aliphatic heterocycles. The van der Waals surface area contributed by atoms with Crippen molar-refractivity contribution >= 4 is 0 Å². The van der Waals surface area contributed by atoms with E-state index in [4.69, 9.17) is 42.1 Å². The second-order valence-electron chi connectivity index (χ2n) is 2.97. The Labute approximate surface area is 111 Å². The average molecular weight is 433 g/mol. The first-order valence-electron chi connectivity index (χ1n) is 4.36. The van der Waals surface area contributed by atoms with Crippen LogP contribution in [0.5, 0.6) is 0 Å². The van der Waals surface area contributed by atoms with Crippen LogP contribution >= 0.6 is 0 Å². The van der Waals surface area contributed by atoms with E-state index in [1.807, 2.05) is 0 Å². The Hall–Kier alpha value is -0.992. The third-order valence-electron chi connectivity index (χ3n) is 1.77. The number of hydrogen-bond donors (Lipinski definition) is 2. The van der Waals surface area contributed by atoms with E-state index in [1.54, 1.807) is 0 Å². The monoisotopic (exact) mass is 433 g/mol. The van der Waals surface area contributed by atoms with Crippen molar-refractivity contribution in [3.05, 3.63) is 31.7 Å². The Morgan fingerprint density at radius 1 is 0.941 bits per heavy atom. The zero-order valence-electron chi connectivity index (χ0n) is 8.72. The third kappa shape index (κ3) is 25.4. The van der Waals surface area contributed by atoms with Crippen LogP contribution in [-0.4, -0.2) is 32.7 Å². The molecule has 1 saturated carbocycles. The SMILES string of the molecule is O=[N+]([O-])O.O=[N+]([O-])O.[NH-][C@H]1CCCC[C@@H]1[NH-].[Pt+2]. The molecule has 0 radical (unpaired) electrons. The summed E-state index contributed by atoms with van der Waals surface area (Å²) in [4.78, 5) is 16.7. The smallest absolute Gasteiger partial charge is 0.676 e. The van der Waals surface area contributed by atoms with Gasteiger partial charge in [-0.15, -0.1) is 20.2 Å². The van der Waals surface area contributed by atoms with Crippen LogP contribution in [0, 0.1) is 20.2 Å². The maximum absolute atomic E-state index is 8.36. The van der Waals surface area contributed by atoms with Crippen molar-refractivity contribution in [2.24, 2.45) is 0 Å². The van der Waals surface area contributed by atoms with Gasteiger partial charge in [-0.25, -0.2) is 0 Å². The third-order valence-corrected chi connectivity index (χ3v) is 1.77. The van der Waals surface area contributed by atoms with Gasteiger partial charge in [-0.05, 0) is 0 Å². The van der Waals surface area contributed by atoms with Gasteiger partial charge < -0.3 is 21.9 Å². The second-order valence-corrected chi connectivity index (χ2v) is 2.97. The summed E-state index contributed by atoms with van der Waals surface area (Å²) in [6.45, 7) is 0. The molecule has 1 aliphatic rings. The fraction of sp³-hybridized carbons (Fsp3) is 1.00. The van der Waals surface area contributed by atoms with Crippen LogP contribution in [0.2, 0.25) is 0 Å². The van der Waals surface area contributed by atoms with E-state index in [9.17, 15) is 0 Å². The molecule has 17 heavy (non-hydrogen) atoms. The molecule has 10 nitrogen and oxygen atoms in total. The van der Waals surface area contributed by atoms with Gasteiger partial charge in [-0.2, -0.15) is 12.1 Å². The van der Waals surface area contributed by atoms with Gasteiger partial charge in [-0.1, -0.05) is 25.7 Å². The van der Waals surface area contributed by atoms with Crippen LogP contribution in [0.25, 0.3) is 11.5 Å². The Balaban J connectivity index is -0.000000189. The topological polar surface area (TPSA) is 174 Å². The molecule has 1 fully saturated rings. The maximum atomic E-state index is 8.36. The average Bonchev–Trinajstić information content (AvgIpc) is 2.08. The molecule has 1 rings (SSSR count). The van der Waals surface area contributed by atoms with Gasteiger partial charge in [0.2, 0.25) is 0 Å². The fourth-order valence-electron chi connectivity index (χ4n) is 1.13. The molecule has 1 aliphatic carbocycles. The zero-order chi connectivity index (χ0) is 13.1. The summed E-state index contributed by atoms with van der Waals surface area (Å²) in [5, 5.41) is 27.3. The number of rotatable bonds is 0. The molecular formula is C6H14N4O6Pt. The van der Waals surface area contributed by atoms with Gasteiger partial charge in [0.05, 0.1) is 0 Å². The van der Waals surface area contributed by atoms with E-state index in [0.29, 0.717) is 0 Å². The van der Waals surface area contributed by atoms with Gasteiger partial charge in [0, 0.05) is 0 Å². The number of hydrogen-bond acceptors (Lipinski definition) is 4. The maximum Gasteiger partial charge on any atom is 2.00 e. The molecule has 0 aromatic rings. The predicted octanol–water partition coefficient (Wildman–Crippen LogP) is 1.70. The van der Waals surface area contributed by atoms with Crippen molar-refractivity contribution in [2.45, 2.75) is 37.8 Å². The predicted molar refractivity (Wildman–Crippen MR) is 52.2 cm³/mol. The van der Waals surface area contributed by atoms with Crippen molar-refractivity contribution in [2.75, 3.05) is 0 Å². The Kier molecular flexibility index (Phi) is 16.4. The fourth-order valence-corrected chi connectivity index (χ4v) is 1.13. The van der Waals surface area contributed by atoms with E-state index in [1.165, 1.54) is 12.8 Å². The van der Waals surface area contributed by atoms with Gasteiger partial charge >= 0.3 is 21.1 Å². The van der Waals surface area contributed by atoms with Gasteiger partial charge in [0.1, 0.15) is 0 Å². The quantitative estimate of drug-likeness (QED) is 0.434. The van der Waals surface area contributed by atoms with Crippen LogP contribution in [0.4, 0.5) is 0 Å². The molecule has 0 aromatic carbocycles. The minimum atomic E-state index is -1.50. The molecule has 0 aromatic heterocycles. The van der Waals surface area contributed by atoms with Gasteiger partial charge in [0.25, 0.3) is 10.2 Å². The summed E-state index contributed by atoms with van der Waals surface area (Å²) >= 11 is 0. The summed E-state index contributed by atoms with van der Waals surface area (Å²) in [5.41, 5.74) is 14.6. The summed E-state index contributed by atoms with van der Waals surface area (Å²) in [6.07, 6.45) is 4.25.